The van der Waals surface area contributed by atoms with Crippen molar-refractivity contribution in [2.24, 2.45) is 0 Å². The number of nitrogens with two attached hydrogens (primary N) is 1. The fourth-order valence-electron chi connectivity index (χ4n) is 1.75. The van der Waals surface area contributed by atoms with Gasteiger partial charge in [-0.2, -0.15) is 0 Å². The fraction of sp³-hybridized carbons (Fsp3) is 0.533. The maximum Gasteiger partial charge on any atom is 0.221 e. The van der Waals surface area contributed by atoms with Crippen LogP contribution in [0.3, 0.4) is 0 Å². The number of hydrogen-bond acceptors (Lipinski definition) is 5. The van der Waals surface area contributed by atoms with Crippen molar-refractivity contribution in [2.75, 3.05) is 37.9 Å². The number of carbonyl (C=O) groups excluding carboxylic acids is 1. The Bertz CT molecular complexity index is 450. The molecule has 0 atom stereocenters. The van der Waals surface area contributed by atoms with Crippen LogP contribution < -0.4 is 21.1 Å². The lowest BCUT2D eigenvalue weighted by atomic mass is 10.2. The Balaban J connectivity index is 2.43. The third-order valence-corrected chi connectivity index (χ3v) is 2.72. The average Bonchev–Trinajstić information content (AvgIpc) is 2.42. The summed E-state index contributed by atoms with van der Waals surface area (Å²) in [6.45, 7) is 5.44. The molecule has 1 aromatic rings. The van der Waals surface area contributed by atoms with Crippen molar-refractivity contribution in [1.29, 1.82) is 0 Å². The highest BCUT2D eigenvalue weighted by molar-refractivity contribution is 5.77. The van der Waals surface area contributed by atoms with E-state index in [1.54, 1.807) is 7.11 Å². The first-order valence-electron chi connectivity index (χ1n) is 7.09. The van der Waals surface area contributed by atoms with Crippen LogP contribution in [0.1, 0.15) is 20.3 Å². The third-order valence-electron chi connectivity index (χ3n) is 2.72. The lowest BCUT2D eigenvalue weighted by molar-refractivity contribution is -0.121. The van der Waals surface area contributed by atoms with Crippen LogP contribution in [0.25, 0.3) is 0 Å². The molecule has 0 aliphatic heterocycles. The molecule has 0 radical (unpaired) electrons. The molecule has 1 aromatic carbocycles. The van der Waals surface area contributed by atoms with E-state index < -0.39 is 0 Å². The van der Waals surface area contributed by atoms with Crippen LogP contribution in [0, 0.1) is 0 Å². The Hall–Kier alpha value is -1.95. The Labute approximate surface area is 126 Å². The first kappa shape index (κ1) is 17.1. The first-order valence-corrected chi connectivity index (χ1v) is 7.09. The lowest BCUT2D eigenvalue weighted by Gasteiger charge is -2.15. The van der Waals surface area contributed by atoms with Crippen LogP contribution in [0.2, 0.25) is 0 Å². The van der Waals surface area contributed by atoms with Crippen LogP contribution >= 0.6 is 0 Å². The minimum Gasteiger partial charge on any atom is -0.489 e. The van der Waals surface area contributed by atoms with Gasteiger partial charge in [-0.3, -0.25) is 4.79 Å². The molecule has 4 N–H and O–H groups in total. The normalized spacial score (nSPS) is 10.5. The Kier molecular flexibility index (Phi) is 7.39. The van der Waals surface area contributed by atoms with E-state index in [0.29, 0.717) is 37.6 Å². The smallest absolute Gasteiger partial charge is 0.221 e. The number of anilines is 2. The zero-order valence-electron chi connectivity index (χ0n) is 12.9. The molecule has 0 aromatic heterocycles. The largest absolute Gasteiger partial charge is 0.489 e. The molecule has 1 rings (SSSR count). The summed E-state index contributed by atoms with van der Waals surface area (Å²) in [7, 11) is 1.60. The first-order chi connectivity index (χ1) is 10.0. The third kappa shape index (κ3) is 6.35. The van der Waals surface area contributed by atoms with E-state index in [0.717, 1.165) is 5.69 Å². The van der Waals surface area contributed by atoms with E-state index in [4.69, 9.17) is 15.2 Å². The summed E-state index contributed by atoms with van der Waals surface area (Å²) < 4.78 is 10.5. The van der Waals surface area contributed by atoms with Crippen molar-refractivity contribution >= 4 is 17.3 Å². The van der Waals surface area contributed by atoms with Gasteiger partial charge in [0.05, 0.1) is 24.1 Å². The average molecular weight is 295 g/mol. The van der Waals surface area contributed by atoms with Gasteiger partial charge in [0.1, 0.15) is 5.75 Å². The molecule has 1 amide bonds. The molecule has 0 aliphatic carbocycles. The summed E-state index contributed by atoms with van der Waals surface area (Å²) in [5.41, 5.74) is 7.38. The van der Waals surface area contributed by atoms with Crippen LogP contribution in [-0.2, 0) is 9.53 Å². The summed E-state index contributed by atoms with van der Waals surface area (Å²) in [4.78, 5) is 11.5. The number of rotatable bonds is 9. The molecule has 0 bridgehead atoms. The maximum atomic E-state index is 11.5. The lowest BCUT2D eigenvalue weighted by Crippen LogP contribution is -2.28. The number of methoxy groups -OCH3 is 1. The molecule has 6 nitrogen and oxygen atoms in total. The van der Waals surface area contributed by atoms with E-state index in [-0.39, 0.29) is 12.0 Å². The highest BCUT2D eigenvalue weighted by Gasteiger charge is 2.08. The molecule has 0 aliphatic rings. The molecule has 0 heterocycles. The van der Waals surface area contributed by atoms with Gasteiger partial charge in [-0.25, -0.2) is 0 Å². The summed E-state index contributed by atoms with van der Waals surface area (Å²) in [5.74, 6) is 0.632. The molecular weight excluding hydrogens is 270 g/mol. The molecule has 6 heteroatoms. The Morgan fingerprint density at radius 1 is 1.33 bits per heavy atom. The molecule has 0 saturated carbocycles. The molecule has 0 fully saturated rings. The standard InChI is InChI=1S/C15H25N3O3/c1-11(2)21-13-6-4-5-12(15(13)16)17-8-7-14(19)18-9-10-20-3/h4-6,11,17H,7-10,16H2,1-3H3,(H,18,19). The number of hydrogen-bond donors (Lipinski definition) is 3. The van der Waals surface area contributed by atoms with Gasteiger partial charge in [-0.05, 0) is 26.0 Å². The second kappa shape index (κ2) is 9.07. The molecule has 118 valence electrons. The van der Waals surface area contributed by atoms with E-state index in [1.165, 1.54) is 0 Å². The summed E-state index contributed by atoms with van der Waals surface area (Å²) in [5, 5.41) is 5.91. The highest BCUT2D eigenvalue weighted by Crippen LogP contribution is 2.29. The summed E-state index contributed by atoms with van der Waals surface area (Å²) in [6.07, 6.45) is 0.437. The van der Waals surface area contributed by atoms with E-state index in [2.05, 4.69) is 10.6 Å². The van der Waals surface area contributed by atoms with Crippen molar-refractivity contribution < 1.29 is 14.3 Å². The topological polar surface area (TPSA) is 85.6 Å². The molecule has 0 unspecified atom stereocenters. The van der Waals surface area contributed by atoms with Gasteiger partial charge in [0.25, 0.3) is 0 Å². The monoisotopic (exact) mass is 295 g/mol. The second-order valence-corrected chi connectivity index (χ2v) is 4.90. The van der Waals surface area contributed by atoms with E-state index in [1.807, 2.05) is 32.0 Å². The van der Waals surface area contributed by atoms with Crippen molar-refractivity contribution in [1.82, 2.24) is 5.32 Å². The zero-order valence-corrected chi connectivity index (χ0v) is 12.9. The van der Waals surface area contributed by atoms with Crippen molar-refractivity contribution in [2.45, 2.75) is 26.4 Å². The molecule has 0 spiro atoms. The van der Waals surface area contributed by atoms with Gasteiger partial charge in [0.2, 0.25) is 5.91 Å². The fourth-order valence-corrected chi connectivity index (χ4v) is 1.75. The van der Waals surface area contributed by atoms with Gasteiger partial charge < -0.3 is 25.8 Å². The number of amides is 1. The molecular formula is C15H25N3O3. The number of para-hydroxylation sites is 1. The van der Waals surface area contributed by atoms with Gasteiger partial charge in [0.15, 0.2) is 0 Å². The summed E-state index contributed by atoms with van der Waals surface area (Å²) >= 11 is 0. The Morgan fingerprint density at radius 3 is 2.76 bits per heavy atom. The molecule has 21 heavy (non-hydrogen) atoms. The van der Waals surface area contributed by atoms with Gasteiger partial charge in [-0.15, -0.1) is 0 Å². The van der Waals surface area contributed by atoms with Crippen LogP contribution in [0.4, 0.5) is 11.4 Å². The van der Waals surface area contributed by atoms with Gasteiger partial charge in [0, 0.05) is 26.6 Å². The number of carbonyl (C=O) groups is 1. The second-order valence-electron chi connectivity index (χ2n) is 4.90. The number of nitrogens with one attached hydrogen (secondary N) is 2. The van der Waals surface area contributed by atoms with Crippen LogP contribution in [0.15, 0.2) is 18.2 Å². The predicted molar refractivity (Wildman–Crippen MR) is 84.6 cm³/mol. The number of nitrogen functional groups attached to an aromatic ring is 1. The van der Waals surface area contributed by atoms with E-state index >= 15 is 0 Å². The van der Waals surface area contributed by atoms with Gasteiger partial charge >= 0.3 is 0 Å². The van der Waals surface area contributed by atoms with Crippen molar-refractivity contribution in [3.8, 4) is 5.75 Å². The van der Waals surface area contributed by atoms with Gasteiger partial charge in [-0.1, -0.05) is 6.07 Å². The Morgan fingerprint density at radius 2 is 2.10 bits per heavy atom. The van der Waals surface area contributed by atoms with Crippen molar-refractivity contribution in [3.05, 3.63) is 18.2 Å². The zero-order chi connectivity index (χ0) is 15.7. The minimum absolute atomic E-state index is 0.0206. The minimum atomic E-state index is -0.0206. The molecule has 0 saturated heterocycles. The maximum absolute atomic E-state index is 11.5. The number of benzene rings is 1. The van der Waals surface area contributed by atoms with E-state index in [9.17, 15) is 4.79 Å². The van der Waals surface area contributed by atoms with Crippen LogP contribution in [0.5, 0.6) is 5.75 Å². The quantitative estimate of drug-likeness (QED) is 0.476. The highest BCUT2D eigenvalue weighted by atomic mass is 16.5. The number of ether oxygens (including phenoxy) is 2. The summed E-state index contributed by atoms with van der Waals surface area (Å²) in [6, 6.07) is 5.57. The predicted octanol–water partition coefficient (Wildman–Crippen LogP) is 1.62. The van der Waals surface area contributed by atoms with Crippen molar-refractivity contribution in [3.63, 3.8) is 0 Å². The SMILES string of the molecule is COCCNC(=O)CCNc1cccc(OC(C)C)c1N. The van der Waals surface area contributed by atoms with Crippen LogP contribution in [-0.4, -0.2) is 38.8 Å².